The van der Waals surface area contributed by atoms with Gasteiger partial charge in [-0.2, -0.15) is 4.98 Å². The molecule has 1 N–H and O–H groups in total. The molecule has 0 atom stereocenters. The van der Waals surface area contributed by atoms with E-state index in [9.17, 15) is 0 Å². The Labute approximate surface area is 150 Å². The first kappa shape index (κ1) is 17.6. The summed E-state index contributed by atoms with van der Waals surface area (Å²) in [6.45, 7) is 11.3. The molecule has 0 unspecified atom stereocenters. The van der Waals surface area contributed by atoms with E-state index < -0.39 is 0 Å². The number of benzene rings is 2. The number of rotatable bonds is 6. The molecule has 0 amide bonds. The molecule has 0 aliphatic heterocycles. The molecule has 0 aliphatic carbocycles. The first-order valence-corrected chi connectivity index (χ1v) is 9.22. The Kier molecular flexibility index (Phi) is 5.44. The van der Waals surface area contributed by atoms with E-state index in [4.69, 9.17) is 9.97 Å². The lowest BCUT2D eigenvalue weighted by molar-refractivity contribution is -0.841. The van der Waals surface area contributed by atoms with E-state index in [1.54, 1.807) is 0 Å². The first-order valence-electron chi connectivity index (χ1n) is 9.22. The lowest BCUT2D eigenvalue weighted by Crippen LogP contribution is -3.08. The van der Waals surface area contributed by atoms with Crippen LogP contribution < -0.4 is 4.90 Å². The summed E-state index contributed by atoms with van der Waals surface area (Å²) < 4.78 is 0. The van der Waals surface area contributed by atoms with Crippen molar-refractivity contribution in [3.05, 3.63) is 54.6 Å². The molecule has 3 heteroatoms. The van der Waals surface area contributed by atoms with Gasteiger partial charge in [0.1, 0.15) is 0 Å². The minimum absolute atomic E-state index is 0.614. The fourth-order valence-corrected chi connectivity index (χ4v) is 3.32. The summed E-state index contributed by atoms with van der Waals surface area (Å²) in [5.41, 5.74) is 2.10. The van der Waals surface area contributed by atoms with Crippen LogP contribution in [0.3, 0.4) is 0 Å². The molecular weight excluding hydrogens is 306 g/mol. The number of aromatic nitrogens is 2. The minimum atomic E-state index is 0.614. The molecule has 1 heterocycles. The van der Waals surface area contributed by atoms with Crippen LogP contribution in [0.1, 0.15) is 27.7 Å². The molecule has 130 valence electrons. The van der Waals surface area contributed by atoms with Gasteiger partial charge in [-0.1, -0.05) is 70.2 Å². The molecule has 0 aliphatic rings. The summed E-state index contributed by atoms with van der Waals surface area (Å²) in [5.74, 6) is 3.18. The van der Waals surface area contributed by atoms with Gasteiger partial charge in [0.15, 0.2) is 5.82 Å². The van der Waals surface area contributed by atoms with E-state index >= 15 is 0 Å². The average molecular weight is 334 g/mol. The highest BCUT2D eigenvalue weighted by atomic mass is 15.2. The van der Waals surface area contributed by atoms with Gasteiger partial charge >= 0.3 is 0 Å². The normalized spacial score (nSPS) is 11.8. The minimum Gasteiger partial charge on any atom is -0.285 e. The Morgan fingerprint density at radius 3 is 2.00 bits per heavy atom. The number of quaternary nitrogens is 1. The van der Waals surface area contributed by atoms with Crippen molar-refractivity contribution in [2.75, 3.05) is 13.1 Å². The van der Waals surface area contributed by atoms with Gasteiger partial charge < -0.3 is 0 Å². The zero-order valence-corrected chi connectivity index (χ0v) is 15.7. The van der Waals surface area contributed by atoms with Crippen molar-refractivity contribution in [2.24, 2.45) is 11.8 Å². The third-order valence-electron chi connectivity index (χ3n) is 4.28. The monoisotopic (exact) mass is 334 g/mol. The van der Waals surface area contributed by atoms with Gasteiger partial charge in [0.25, 0.3) is 0 Å². The molecule has 3 nitrogen and oxygen atoms in total. The molecule has 25 heavy (non-hydrogen) atoms. The Bertz CT molecular complexity index is 815. The Morgan fingerprint density at radius 2 is 1.36 bits per heavy atom. The number of hydrogen-bond donors (Lipinski definition) is 1. The van der Waals surface area contributed by atoms with Crippen LogP contribution in [0.2, 0.25) is 0 Å². The molecule has 0 radical (unpaired) electrons. The molecule has 1 aromatic heterocycles. The predicted octanol–water partition coefficient (Wildman–Crippen LogP) is 4.13. The summed E-state index contributed by atoms with van der Waals surface area (Å²) in [6.07, 6.45) is 0. The van der Waals surface area contributed by atoms with Crippen molar-refractivity contribution in [3.8, 4) is 11.4 Å². The fourth-order valence-electron chi connectivity index (χ4n) is 3.32. The highest BCUT2D eigenvalue weighted by molar-refractivity contribution is 5.87. The van der Waals surface area contributed by atoms with Crippen LogP contribution in [-0.2, 0) is 0 Å². The topological polar surface area (TPSA) is 30.2 Å². The lowest BCUT2D eigenvalue weighted by atomic mass is 10.1. The molecular formula is C22H28N3+. The summed E-state index contributed by atoms with van der Waals surface area (Å²) in [4.78, 5) is 11.3. The fraction of sp³-hybridized carbons (Fsp3) is 0.364. The van der Waals surface area contributed by atoms with Gasteiger partial charge in [0.05, 0.1) is 24.0 Å². The predicted molar refractivity (Wildman–Crippen MR) is 105 cm³/mol. The largest absolute Gasteiger partial charge is 0.285 e. The van der Waals surface area contributed by atoms with Crippen molar-refractivity contribution in [1.29, 1.82) is 0 Å². The van der Waals surface area contributed by atoms with E-state index in [1.807, 2.05) is 18.2 Å². The molecule has 2 aromatic carbocycles. The maximum atomic E-state index is 5.03. The number of nitrogens with zero attached hydrogens (tertiary/aromatic N) is 2. The van der Waals surface area contributed by atoms with Crippen LogP contribution in [0.5, 0.6) is 0 Å². The van der Waals surface area contributed by atoms with Crippen molar-refractivity contribution in [1.82, 2.24) is 9.97 Å². The van der Waals surface area contributed by atoms with Crippen LogP contribution in [0.15, 0.2) is 54.6 Å². The third-order valence-corrected chi connectivity index (χ3v) is 4.28. The summed E-state index contributed by atoms with van der Waals surface area (Å²) in [7, 11) is 0. The second-order valence-electron chi connectivity index (χ2n) is 7.58. The number of fused-ring (bicyclic) bond motifs is 1. The van der Waals surface area contributed by atoms with E-state index in [2.05, 4.69) is 64.1 Å². The summed E-state index contributed by atoms with van der Waals surface area (Å²) >= 11 is 0. The number of hydrogen-bond acceptors (Lipinski definition) is 2. The van der Waals surface area contributed by atoms with Gasteiger partial charge in [0, 0.05) is 17.4 Å². The van der Waals surface area contributed by atoms with Crippen LogP contribution in [0.25, 0.3) is 22.3 Å². The van der Waals surface area contributed by atoms with E-state index in [0.717, 1.165) is 35.8 Å². The first-order chi connectivity index (χ1) is 12.0. The van der Waals surface area contributed by atoms with Crippen molar-refractivity contribution < 1.29 is 4.90 Å². The highest BCUT2D eigenvalue weighted by Gasteiger charge is 2.22. The Morgan fingerprint density at radius 1 is 0.760 bits per heavy atom. The van der Waals surface area contributed by atoms with Crippen LogP contribution in [-0.4, -0.2) is 23.1 Å². The van der Waals surface area contributed by atoms with E-state index in [-0.39, 0.29) is 0 Å². The summed E-state index contributed by atoms with van der Waals surface area (Å²) in [6, 6.07) is 18.7. The van der Waals surface area contributed by atoms with Gasteiger partial charge in [-0.3, -0.25) is 4.90 Å². The van der Waals surface area contributed by atoms with Crippen molar-refractivity contribution in [2.45, 2.75) is 27.7 Å². The molecule has 3 rings (SSSR count). The SMILES string of the molecule is CC(C)C[NH+](CC(C)C)c1nc(-c2ccccc2)nc2ccccc12. The van der Waals surface area contributed by atoms with Crippen molar-refractivity contribution >= 4 is 16.7 Å². The second kappa shape index (κ2) is 7.75. The molecule has 0 saturated heterocycles. The Balaban J connectivity index is 2.17. The van der Waals surface area contributed by atoms with Crippen molar-refractivity contribution in [3.63, 3.8) is 0 Å². The van der Waals surface area contributed by atoms with Gasteiger partial charge in [-0.05, 0) is 12.1 Å². The smallest absolute Gasteiger partial charge is 0.237 e. The van der Waals surface area contributed by atoms with Gasteiger partial charge in [-0.25, -0.2) is 4.98 Å². The molecule has 0 fully saturated rings. The second-order valence-corrected chi connectivity index (χ2v) is 7.58. The van der Waals surface area contributed by atoms with E-state index in [1.165, 1.54) is 10.3 Å². The molecule has 3 aromatic rings. The Hall–Kier alpha value is -2.26. The van der Waals surface area contributed by atoms with Gasteiger partial charge in [0.2, 0.25) is 5.82 Å². The van der Waals surface area contributed by atoms with E-state index in [0.29, 0.717) is 11.8 Å². The van der Waals surface area contributed by atoms with Gasteiger partial charge in [-0.15, -0.1) is 0 Å². The standard InChI is InChI=1S/C22H27N3/c1-16(2)14-25(15-17(3)4)22-19-12-8-9-13-20(19)23-21(24-22)18-10-6-5-7-11-18/h5-13,16-17H,14-15H2,1-4H3/p+1. The van der Waals surface area contributed by atoms with Crippen LogP contribution >= 0.6 is 0 Å². The molecule has 0 saturated carbocycles. The number of nitrogens with one attached hydrogen (secondary N) is 1. The molecule has 0 spiro atoms. The highest BCUT2D eigenvalue weighted by Crippen LogP contribution is 2.23. The molecule has 0 bridgehead atoms. The van der Waals surface area contributed by atoms with Crippen LogP contribution in [0.4, 0.5) is 5.82 Å². The zero-order chi connectivity index (χ0) is 17.8. The maximum absolute atomic E-state index is 5.03. The zero-order valence-electron chi connectivity index (χ0n) is 15.7. The summed E-state index contributed by atoms with van der Waals surface area (Å²) in [5, 5.41) is 1.17. The van der Waals surface area contributed by atoms with Crippen LogP contribution in [0, 0.1) is 11.8 Å². The maximum Gasteiger partial charge on any atom is 0.237 e. The number of para-hydroxylation sites is 1. The average Bonchev–Trinajstić information content (AvgIpc) is 2.60. The lowest BCUT2D eigenvalue weighted by Gasteiger charge is -2.23. The quantitative estimate of drug-likeness (QED) is 0.735. The third kappa shape index (κ3) is 4.23.